The summed E-state index contributed by atoms with van der Waals surface area (Å²) in [6.07, 6.45) is -3.79. The van der Waals surface area contributed by atoms with Crippen LogP contribution in [0.25, 0.3) is 0 Å². The molecule has 0 bridgehead atoms. The second-order valence-electron chi connectivity index (χ2n) is 4.11. The monoisotopic (exact) mass is 256 g/mol. The third kappa shape index (κ3) is 2.81. The Morgan fingerprint density at radius 2 is 1.65 bits per heavy atom. The molecule has 17 heavy (non-hydrogen) atoms. The number of ether oxygens (including phenoxy) is 1. The zero-order chi connectivity index (χ0) is 12.4. The first-order valence-corrected chi connectivity index (χ1v) is 6.39. The van der Waals surface area contributed by atoms with Crippen LogP contribution in [0.1, 0.15) is 6.92 Å². The van der Waals surface area contributed by atoms with E-state index in [0.717, 1.165) is 4.90 Å². The van der Waals surface area contributed by atoms with Crippen LogP contribution in [-0.2, 0) is 4.74 Å². The Morgan fingerprint density at radius 3 is 2.29 bits per heavy atom. The van der Waals surface area contributed by atoms with Crippen LogP contribution in [0.15, 0.2) is 35.2 Å². The van der Waals surface area contributed by atoms with Gasteiger partial charge in [-0.05, 0) is 19.1 Å². The standard InChI is InChI=1S/C12H16O4S/c1-7-9(13)10(14)11(15)12(16-7)17-8-5-3-2-4-6-8/h2-7,9-15H,1H3/t7-,9-,10+,11+,12-/m0/s1. The van der Waals surface area contributed by atoms with E-state index in [-0.39, 0.29) is 0 Å². The van der Waals surface area contributed by atoms with Gasteiger partial charge in [0.15, 0.2) is 0 Å². The fraction of sp³-hybridized carbons (Fsp3) is 0.500. The van der Waals surface area contributed by atoms with Crippen molar-refractivity contribution in [2.45, 2.75) is 41.7 Å². The van der Waals surface area contributed by atoms with Gasteiger partial charge >= 0.3 is 0 Å². The predicted octanol–water partition coefficient (Wildman–Crippen LogP) is 0.606. The number of hydrogen-bond acceptors (Lipinski definition) is 5. The number of aliphatic hydroxyl groups is 3. The Labute approximate surface area is 104 Å². The molecular weight excluding hydrogens is 240 g/mol. The number of hydrogen-bond donors (Lipinski definition) is 3. The van der Waals surface area contributed by atoms with Crippen molar-refractivity contribution < 1.29 is 20.1 Å². The van der Waals surface area contributed by atoms with Crippen LogP contribution in [0.3, 0.4) is 0 Å². The fourth-order valence-electron chi connectivity index (χ4n) is 1.74. The number of rotatable bonds is 2. The Kier molecular flexibility index (Phi) is 4.06. The first-order valence-electron chi connectivity index (χ1n) is 5.51. The van der Waals surface area contributed by atoms with Gasteiger partial charge in [0.25, 0.3) is 0 Å². The quantitative estimate of drug-likeness (QED) is 0.723. The zero-order valence-corrected chi connectivity index (χ0v) is 10.2. The topological polar surface area (TPSA) is 69.9 Å². The van der Waals surface area contributed by atoms with Gasteiger partial charge in [-0.3, -0.25) is 0 Å². The summed E-state index contributed by atoms with van der Waals surface area (Å²) in [5, 5.41) is 29.1. The van der Waals surface area contributed by atoms with E-state index in [0.29, 0.717) is 0 Å². The summed E-state index contributed by atoms with van der Waals surface area (Å²) < 4.78 is 5.49. The molecule has 0 radical (unpaired) electrons. The highest BCUT2D eigenvalue weighted by molar-refractivity contribution is 7.99. The Balaban J connectivity index is 2.06. The van der Waals surface area contributed by atoms with Gasteiger partial charge in [-0.15, -0.1) is 0 Å². The molecular formula is C12H16O4S. The molecule has 0 spiro atoms. The number of aliphatic hydroxyl groups excluding tert-OH is 3. The van der Waals surface area contributed by atoms with Crippen molar-refractivity contribution in [3.05, 3.63) is 30.3 Å². The largest absolute Gasteiger partial charge is 0.388 e. The molecule has 2 rings (SSSR count). The van der Waals surface area contributed by atoms with Crippen molar-refractivity contribution in [1.82, 2.24) is 0 Å². The van der Waals surface area contributed by atoms with Gasteiger partial charge in [-0.1, -0.05) is 30.0 Å². The Hall–Kier alpha value is -0.590. The highest BCUT2D eigenvalue weighted by atomic mass is 32.2. The van der Waals surface area contributed by atoms with Gasteiger partial charge in [0, 0.05) is 4.90 Å². The molecule has 1 aromatic rings. The molecule has 0 saturated carbocycles. The van der Waals surface area contributed by atoms with Crippen LogP contribution in [-0.4, -0.2) is 45.2 Å². The molecule has 1 saturated heterocycles. The third-order valence-electron chi connectivity index (χ3n) is 2.80. The van der Waals surface area contributed by atoms with E-state index in [1.165, 1.54) is 11.8 Å². The first-order chi connectivity index (χ1) is 8.09. The summed E-state index contributed by atoms with van der Waals surface area (Å²) >= 11 is 1.34. The highest BCUT2D eigenvalue weighted by Crippen LogP contribution is 2.32. The van der Waals surface area contributed by atoms with Gasteiger partial charge in [0.2, 0.25) is 0 Å². The van der Waals surface area contributed by atoms with E-state index >= 15 is 0 Å². The maximum atomic E-state index is 9.83. The molecule has 0 unspecified atom stereocenters. The van der Waals surface area contributed by atoms with E-state index in [1.807, 2.05) is 30.3 Å². The minimum atomic E-state index is -1.17. The summed E-state index contributed by atoms with van der Waals surface area (Å²) in [5.41, 5.74) is -0.564. The van der Waals surface area contributed by atoms with Crippen molar-refractivity contribution in [2.24, 2.45) is 0 Å². The van der Waals surface area contributed by atoms with Gasteiger partial charge in [-0.25, -0.2) is 0 Å². The van der Waals surface area contributed by atoms with Crippen LogP contribution in [0.4, 0.5) is 0 Å². The highest BCUT2D eigenvalue weighted by Gasteiger charge is 2.42. The molecule has 1 aliphatic heterocycles. The summed E-state index contributed by atoms with van der Waals surface area (Å²) in [4.78, 5) is 0.951. The van der Waals surface area contributed by atoms with Crippen molar-refractivity contribution in [2.75, 3.05) is 0 Å². The Bertz CT molecular complexity index is 359. The summed E-state index contributed by atoms with van der Waals surface area (Å²) in [6.45, 7) is 1.68. The van der Waals surface area contributed by atoms with Gasteiger partial charge in [0.1, 0.15) is 23.7 Å². The summed E-state index contributed by atoms with van der Waals surface area (Å²) in [6, 6.07) is 9.51. The third-order valence-corrected chi connectivity index (χ3v) is 3.97. The average Bonchev–Trinajstić information content (AvgIpc) is 2.35. The van der Waals surface area contributed by atoms with Crippen LogP contribution in [0.2, 0.25) is 0 Å². The molecule has 1 aliphatic rings. The van der Waals surface area contributed by atoms with Gasteiger partial charge in [0.05, 0.1) is 6.10 Å². The predicted molar refractivity (Wildman–Crippen MR) is 64.7 cm³/mol. The first kappa shape index (κ1) is 12.9. The maximum Gasteiger partial charge on any atom is 0.136 e. The van der Waals surface area contributed by atoms with E-state index in [9.17, 15) is 15.3 Å². The van der Waals surface area contributed by atoms with Crippen molar-refractivity contribution in [3.63, 3.8) is 0 Å². The van der Waals surface area contributed by atoms with E-state index in [4.69, 9.17) is 4.74 Å². The van der Waals surface area contributed by atoms with Crippen LogP contribution < -0.4 is 0 Å². The van der Waals surface area contributed by atoms with Gasteiger partial charge < -0.3 is 20.1 Å². The smallest absolute Gasteiger partial charge is 0.136 e. The lowest BCUT2D eigenvalue weighted by Gasteiger charge is -2.38. The van der Waals surface area contributed by atoms with E-state index < -0.39 is 29.9 Å². The molecule has 4 nitrogen and oxygen atoms in total. The lowest BCUT2D eigenvalue weighted by molar-refractivity contribution is -0.192. The molecule has 0 aliphatic carbocycles. The maximum absolute atomic E-state index is 9.83. The van der Waals surface area contributed by atoms with Crippen LogP contribution in [0.5, 0.6) is 0 Å². The van der Waals surface area contributed by atoms with Crippen LogP contribution >= 0.6 is 11.8 Å². The van der Waals surface area contributed by atoms with Crippen LogP contribution in [0, 0.1) is 0 Å². The molecule has 94 valence electrons. The molecule has 5 atom stereocenters. The molecule has 0 aromatic heterocycles. The van der Waals surface area contributed by atoms with E-state index in [2.05, 4.69) is 0 Å². The summed E-state index contributed by atoms with van der Waals surface area (Å²) in [7, 11) is 0. The second-order valence-corrected chi connectivity index (χ2v) is 5.28. The van der Waals surface area contributed by atoms with Crippen molar-refractivity contribution in [3.8, 4) is 0 Å². The molecule has 1 aromatic carbocycles. The van der Waals surface area contributed by atoms with Crippen molar-refractivity contribution in [1.29, 1.82) is 0 Å². The second kappa shape index (κ2) is 5.37. The minimum Gasteiger partial charge on any atom is -0.388 e. The normalized spacial score (nSPS) is 38.0. The minimum absolute atomic E-state index is 0.491. The zero-order valence-electron chi connectivity index (χ0n) is 9.43. The molecule has 1 heterocycles. The number of thioether (sulfide) groups is 1. The molecule has 3 N–H and O–H groups in total. The molecule has 1 fully saturated rings. The fourth-order valence-corrected chi connectivity index (χ4v) is 2.86. The molecule has 0 amide bonds. The average molecular weight is 256 g/mol. The Morgan fingerprint density at radius 1 is 1.00 bits per heavy atom. The number of benzene rings is 1. The van der Waals surface area contributed by atoms with E-state index in [1.54, 1.807) is 6.92 Å². The van der Waals surface area contributed by atoms with Crippen molar-refractivity contribution >= 4 is 11.8 Å². The summed E-state index contributed by atoms with van der Waals surface area (Å²) in [5.74, 6) is 0. The molecule has 5 heteroatoms. The lowest BCUT2D eigenvalue weighted by Crippen LogP contribution is -2.55. The lowest BCUT2D eigenvalue weighted by atomic mass is 10.0. The van der Waals surface area contributed by atoms with Gasteiger partial charge in [-0.2, -0.15) is 0 Å². The SMILES string of the molecule is C[C@@H]1O[C@@H](Sc2ccccc2)[C@H](O)[C@H](O)[C@H]1O.